The molecule has 1 saturated heterocycles. The highest BCUT2D eigenvalue weighted by Crippen LogP contribution is 2.11. The molecule has 0 saturated carbocycles. The Morgan fingerprint density at radius 3 is 2.94 bits per heavy atom. The van der Waals surface area contributed by atoms with Crippen molar-refractivity contribution in [3.63, 3.8) is 0 Å². The second kappa shape index (κ2) is 5.73. The summed E-state index contributed by atoms with van der Waals surface area (Å²) in [6.07, 6.45) is -0.893. The van der Waals surface area contributed by atoms with Gasteiger partial charge < -0.3 is 9.47 Å². The Morgan fingerprint density at radius 1 is 1.65 bits per heavy atom. The van der Waals surface area contributed by atoms with Crippen LogP contribution in [-0.2, 0) is 24.5 Å². The Hall–Kier alpha value is -1.48. The van der Waals surface area contributed by atoms with Crippen molar-refractivity contribution < 1.29 is 27.5 Å². The number of amides is 1. The van der Waals surface area contributed by atoms with Crippen LogP contribution in [-0.4, -0.2) is 57.9 Å². The van der Waals surface area contributed by atoms with Crippen molar-refractivity contribution in [2.45, 2.75) is 6.17 Å². The summed E-state index contributed by atoms with van der Waals surface area (Å²) in [6, 6.07) is 0. The number of nitrogens with one attached hydrogen (secondary N) is 1. The zero-order valence-corrected chi connectivity index (χ0v) is 9.77. The Balaban J connectivity index is 2.86. The van der Waals surface area contributed by atoms with Crippen molar-refractivity contribution in [2.75, 3.05) is 26.9 Å². The maximum atomic E-state index is 11.7. The molecule has 0 aliphatic carbocycles. The highest BCUT2D eigenvalue weighted by atomic mass is 32.2. The highest BCUT2D eigenvalue weighted by molar-refractivity contribution is 7.87. The van der Waals surface area contributed by atoms with Gasteiger partial charge in [-0.25, -0.2) is 14.3 Å². The van der Waals surface area contributed by atoms with Gasteiger partial charge in [0.05, 0.1) is 20.3 Å². The van der Waals surface area contributed by atoms with Gasteiger partial charge in [0.2, 0.25) is 6.08 Å². The summed E-state index contributed by atoms with van der Waals surface area (Å²) in [5, 5.41) is 0. The van der Waals surface area contributed by atoms with Gasteiger partial charge >= 0.3 is 16.3 Å². The summed E-state index contributed by atoms with van der Waals surface area (Å²) in [6.45, 7) is 0.0481. The zero-order chi connectivity index (χ0) is 12.9. The fourth-order valence-electron chi connectivity index (χ4n) is 1.22. The van der Waals surface area contributed by atoms with Gasteiger partial charge in [0.1, 0.15) is 0 Å². The number of methoxy groups -OCH3 is 1. The van der Waals surface area contributed by atoms with Crippen LogP contribution in [0, 0.1) is 0 Å². The van der Waals surface area contributed by atoms with Crippen molar-refractivity contribution in [3.05, 3.63) is 0 Å². The second-order valence-corrected chi connectivity index (χ2v) is 4.61. The van der Waals surface area contributed by atoms with Crippen LogP contribution in [0.2, 0.25) is 0 Å². The van der Waals surface area contributed by atoms with Crippen molar-refractivity contribution in [3.8, 4) is 0 Å². The highest BCUT2D eigenvalue weighted by Gasteiger charge is 2.34. The number of carbonyl (C=O) groups is 1. The minimum atomic E-state index is -4.11. The minimum Gasteiger partial charge on any atom is -0.452 e. The molecule has 1 atom stereocenters. The van der Waals surface area contributed by atoms with Crippen molar-refractivity contribution in [1.29, 1.82) is 0 Å². The largest absolute Gasteiger partial charge is 0.452 e. The molecule has 0 aromatic carbocycles. The number of nitrogens with zero attached hydrogens (tertiary/aromatic N) is 2. The molecule has 1 heterocycles. The van der Waals surface area contributed by atoms with Gasteiger partial charge in [0, 0.05) is 6.54 Å². The number of ether oxygens (including phenoxy) is 2. The molecule has 0 aromatic rings. The van der Waals surface area contributed by atoms with E-state index < -0.39 is 22.5 Å². The fraction of sp³-hybridized carbons (Fsp3) is 0.714. The fourth-order valence-corrected chi connectivity index (χ4v) is 2.38. The summed E-state index contributed by atoms with van der Waals surface area (Å²) in [7, 11) is -3.08. The number of morpholine rings is 1. The van der Waals surface area contributed by atoms with Gasteiger partial charge in [0.15, 0.2) is 6.17 Å². The number of carbonyl (C=O) groups excluding carboxylic acids is 2. The molecule has 0 aromatic heterocycles. The van der Waals surface area contributed by atoms with Crippen LogP contribution >= 0.6 is 0 Å². The van der Waals surface area contributed by atoms with Gasteiger partial charge in [0.25, 0.3) is 0 Å². The SMILES string of the molecule is COC(=O)NS(=O)(=O)N1CCOCC1N=C=O. The van der Waals surface area contributed by atoms with E-state index in [1.54, 1.807) is 4.72 Å². The van der Waals surface area contributed by atoms with E-state index in [4.69, 9.17) is 4.74 Å². The van der Waals surface area contributed by atoms with Gasteiger partial charge in [-0.05, 0) is 0 Å². The minimum absolute atomic E-state index is 0.0256. The molecule has 0 radical (unpaired) electrons. The molecular formula is C7H11N3O6S. The third-order valence-corrected chi connectivity index (χ3v) is 3.43. The van der Waals surface area contributed by atoms with Crippen molar-refractivity contribution in [2.24, 2.45) is 4.99 Å². The summed E-state index contributed by atoms with van der Waals surface area (Å²) < 4.78 is 35.1. The third kappa shape index (κ3) is 3.49. The predicted octanol–water partition coefficient (Wildman–Crippen LogP) is -1.42. The van der Waals surface area contributed by atoms with Crippen molar-refractivity contribution >= 4 is 22.4 Å². The van der Waals surface area contributed by atoms with Crippen LogP contribution in [0.1, 0.15) is 0 Å². The molecule has 9 nitrogen and oxygen atoms in total. The van der Waals surface area contributed by atoms with E-state index >= 15 is 0 Å². The first-order valence-electron chi connectivity index (χ1n) is 4.53. The number of hydrogen-bond acceptors (Lipinski definition) is 7. The lowest BCUT2D eigenvalue weighted by atomic mass is 10.4. The van der Waals surface area contributed by atoms with Crippen molar-refractivity contribution in [1.82, 2.24) is 9.03 Å². The number of isocyanates is 1. The molecule has 1 rings (SSSR count). The van der Waals surface area contributed by atoms with E-state index in [-0.39, 0.29) is 19.8 Å². The van der Waals surface area contributed by atoms with Crippen LogP contribution in [0.25, 0.3) is 0 Å². The van der Waals surface area contributed by atoms with Crippen LogP contribution in [0.4, 0.5) is 4.79 Å². The number of hydrogen-bond donors (Lipinski definition) is 1. The summed E-state index contributed by atoms with van der Waals surface area (Å²) in [4.78, 5) is 24.3. The standard InChI is InChI=1S/C7H11N3O6S/c1-15-7(12)9-17(13,14)10-2-3-16-4-6(10)8-5-11/h6H,2-4H2,1H3,(H,9,12). The normalized spacial score (nSPS) is 21.4. The average Bonchev–Trinajstić information content (AvgIpc) is 2.29. The first-order valence-corrected chi connectivity index (χ1v) is 5.97. The molecule has 1 aliphatic rings. The Labute approximate surface area is 97.6 Å². The smallest absolute Gasteiger partial charge is 0.421 e. The molecule has 0 bridgehead atoms. The lowest BCUT2D eigenvalue weighted by Crippen LogP contribution is -2.53. The molecule has 1 aliphatic heterocycles. The summed E-state index contributed by atoms with van der Waals surface area (Å²) in [5.74, 6) is 0. The average molecular weight is 265 g/mol. The molecule has 1 N–H and O–H groups in total. The zero-order valence-electron chi connectivity index (χ0n) is 8.95. The summed E-state index contributed by atoms with van der Waals surface area (Å²) in [5.41, 5.74) is 0. The Kier molecular flexibility index (Phi) is 4.58. The molecule has 1 unspecified atom stereocenters. The van der Waals surface area contributed by atoms with Gasteiger partial charge in [-0.15, -0.1) is 0 Å². The van der Waals surface area contributed by atoms with Crippen LogP contribution in [0.15, 0.2) is 4.99 Å². The number of rotatable bonds is 3. The monoisotopic (exact) mass is 265 g/mol. The van der Waals surface area contributed by atoms with E-state index in [0.29, 0.717) is 0 Å². The molecule has 96 valence electrons. The topological polar surface area (TPSA) is 114 Å². The Bertz CT molecular complexity index is 429. The van der Waals surface area contributed by atoms with E-state index in [9.17, 15) is 18.0 Å². The van der Waals surface area contributed by atoms with Crippen LogP contribution in [0.5, 0.6) is 0 Å². The van der Waals surface area contributed by atoms with E-state index in [0.717, 1.165) is 11.4 Å². The molecule has 1 amide bonds. The second-order valence-electron chi connectivity index (χ2n) is 2.99. The Morgan fingerprint density at radius 2 is 2.35 bits per heavy atom. The van der Waals surface area contributed by atoms with E-state index in [2.05, 4.69) is 9.73 Å². The number of aliphatic imine (C=N–C) groups is 1. The van der Waals surface area contributed by atoms with Crippen LogP contribution in [0.3, 0.4) is 0 Å². The molecule has 1 fully saturated rings. The maximum absolute atomic E-state index is 11.7. The molecular weight excluding hydrogens is 254 g/mol. The molecule has 0 spiro atoms. The summed E-state index contributed by atoms with van der Waals surface area (Å²) >= 11 is 0. The van der Waals surface area contributed by atoms with Gasteiger partial charge in [-0.3, -0.25) is 0 Å². The predicted molar refractivity (Wildman–Crippen MR) is 53.9 cm³/mol. The van der Waals surface area contributed by atoms with Gasteiger partial charge in [-0.1, -0.05) is 0 Å². The molecule has 10 heteroatoms. The lowest BCUT2D eigenvalue weighted by molar-refractivity contribution is 0.0353. The maximum Gasteiger partial charge on any atom is 0.421 e. The first-order chi connectivity index (χ1) is 8.01. The molecule has 17 heavy (non-hydrogen) atoms. The first kappa shape index (κ1) is 13.6. The lowest BCUT2D eigenvalue weighted by Gasteiger charge is -2.30. The van der Waals surface area contributed by atoms with Gasteiger partial charge in [-0.2, -0.15) is 17.7 Å². The van der Waals surface area contributed by atoms with E-state index in [1.165, 1.54) is 6.08 Å². The van der Waals surface area contributed by atoms with Crippen LogP contribution < -0.4 is 4.72 Å². The third-order valence-electron chi connectivity index (χ3n) is 1.96. The quantitative estimate of drug-likeness (QED) is 0.495. The van der Waals surface area contributed by atoms with E-state index in [1.807, 2.05) is 0 Å².